The third-order valence-corrected chi connectivity index (χ3v) is 2.81. The Kier molecular flexibility index (Phi) is 3.88. The molecular formula is C13H7BrFN3O. The predicted octanol–water partition coefficient (Wildman–Crippen LogP) is 3.11. The van der Waals surface area contributed by atoms with Crippen LogP contribution in [0, 0.1) is 17.1 Å². The highest BCUT2D eigenvalue weighted by Gasteiger charge is 2.10. The minimum Gasteiger partial charge on any atom is -0.321 e. The fraction of sp³-hybridized carbons (Fsp3) is 0. The van der Waals surface area contributed by atoms with E-state index in [0.717, 1.165) is 16.7 Å². The molecule has 0 saturated heterocycles. The maximum Gasteiger partial charge on any atom is 0.257 e. The van der Waals surface area contributed by atoms with E-state index < -0.39 is 11.7 Å². The van der Waals surface area contributed by atoms with Gasteiger partial charge in [0.2, 0.25) is 0 Å². The van der Waals surface area contributed by atoms with Crippen LogP contribution in [0.15, 0.2) is 41.1 Å². The van der Waals surface area contributed by atoms with E-state index in [2.05, 4.69) is 26.2 Å². The van der Waals surface area contributed by atoms with E-state index in [1.807, 2.05) is 6.07 Å². The number of hydrogen-bond donors (Lipinski definition) is 1. The van der Waals surface area contributed by atoms with Crippen LogP contribution in [0.25, 0.3) is 0 Å². The number of nitrogens with one attached hydrogen (secondary N) is 1. The van der Waals surface area contributed by atoms with E-state index in [4.69, 9.17) is 5.26 Å². The molecule has 1 amide bonds. The molecule has 0 radical (unpaired) electrons. The molecule has 1 N–H and O–H groups in total. The van der Waals surface area contributed by atoms with Gasteiger partial charge in [0, 0.05) is 10.7 Å². The lowest BCUT2D eigenvalue weighted by atomic mass is 10.2. The molecule has 0 fully saturated rings. The fourth-order valence-corrected chi connectivity index (χ4v) is 1.81. The second-order valence-corrected chi connectivity index (χ2v) is 4.56. The molecule has 0 spiro atoms. The van der Waals surface area contributed by atoms with Gasteiger partial charge < -0.3 is 5.32 Å². The summed E-state index contributed by atoms with van der Waals surface area (Å²) in [5.74, 6) is -1.12. The van der Waals surface area contributed by atoms with Gasteiger partial charge in [-0.3, -0.25) is 9.78 Å². The van der Waals surface area contributed by atoms with Gasteiger partial charge >= 0.3 is 0 Å². The third kappa shape index (κ3) is 3.14. The van der Waals surface area contributed by atoms with Gasteiger partial charge in [0.1, 0.15) is 11.9 Å². The molecule has 2 aromatic rings. The van der Waals surface area contributed by atoms with Crippen LogP contribution < -0.4 is 5.32 Å². The van der Waals surface area contributed by atoms with Crippen LogP contribution in [0.1, 0.15) is 15.9 Å². The smallest absolute Gasteiger partial charge is 0.257 e. The number of nitriles is 1. The number of rotatable bonds is 2. The summed E-state index contributed by atoms with van der Waals surface area (Å²) in [4.78, 5) is 15.5. The Morgan fingerprint density at radius 3 is 2.84 bits per heavy atom. The van der Waals surface area contributed by atoms with Crippen molar-refractivity contribution in [3.63, 3.8) is 0 Å². The lowest BCUT2D eigenvalue weighted by Crippen LogP contribution is -2.13. The first-order valence-corrected chi connectivity index (χ1v) is 6.01. The van der Waals surface area contributed by atoms with Crippen LogP contribution in [0.5, 0.6) is 0 Å². The standard InChI is InChI=1S/C13H7BrFN3O/c14-10-2-1-8(5-16)12(4-10)18-13(19)9-3-11(15)7-17-6-9/h1-4,6-7H,(H,18,19). The van der Waals surface area contributed by atoms with Gasteiger partial charge in [0.15, 0.2) is 0 Å². The Morgan fingerprint density at radius 2 is 2.16 bits per heavy atom. The lowest BCUT2D eigenvalue weighted by Gasteiger charge is -2.07. The van der Waals surface area contributed by atoms with E-state index in [9.17, 15) is 9.18 Å². The van der Waals surface area contributed by atoms with Crippen LogP contribution >= 0.6 is 15.9 Å². The molecular weight excluding hydrogens is 313 g/mol. The van der Waals surface area contributed by atoms with Crippen LogP contribution in [-0.2, 0) is 0 Å². The lowest BCUT2D eigenvalue weighted by molar-refractivity contribution is 0.102. The Morgan fingerprint density at radius 1 is 1.37 bits per heavy atom. The second-order valence-electron chi connectivity index (χ2n) is 3.65. The Bertz CT molecular complexity index is 682. The molecule has 1 heterocycles. The van der Waals surface area contributed by atoms with Gasteiger partial charge in [0.25, 0.3) is 5.91 Å². The quantitative estimate of drug-likeness (QED) is 0.924. The first-order valence-electron chi connectivity index (χ1n) is 5.21. The summed E-state index contributed by atoms with van der Waals surface area (Å²) in [6.07, 6.45) is 2.26. The first-order chi connectivity index (χ1) is 9.10. The minimum absolute atomic E-state index is 0.0869. The summed E-state index contributed by atoms with van der Waals surface area (Å²) in [6, 6.07) is 7.91. The zero-order chi connectivity index (χ0) is 13.8. The van der Waals surface area contributed by atoms with E-state index >= 15 is 0 Å². The number of amides is 1. The van der Waals surface area contributed by atoms with Crippen molar-refractivity contribution >= 4 is 27.5 Å². The van der Waals surface area contributed by atoms with Crippen molar-refractivity contribution < 1.29 is 9.18 Å². The van der Waals surface area contributed by atoms with Gasteiger partial charge in [-0.2, -0.15) is 5.26 Å². The topological polar surface area (TPSA) is 65.8 Å². The van der Waals surface area contributed by atoms with Gasteiger partial charge in [-0.25, -0.2) is 4.39 Å². The number of halogens is 2. The number of hydrogen-bond acceptors (Lipinski definition) is 3. The normalized spacial score (nSPS) is 9.74. The summed E-state index contributed by atoms with van der Waals surface area (Å²) in [7, 11) is 0. The molecule has 0 aliphatic heterocycles. The number of aromatic nitrogens is 1. The van der Waals surface area contributed by atoms with Crippen molar-refractivity contribution in [3.8, 4) is 6.07 Å². The van der Waals surface area contributed by atoms with Crippen molar-refractivity contribution in [1.82, 2.24) is 4.98 Å². The van der Waals surface area contributed by atoms with Gasteiger partial charge in [0.05, 0.1) is 23.0 Å². The molecule has 1 aromatic heterocycles. The Balaban J connectivity index is 2.29. The Hall–Kier alpha value is -2.26. The summed E-state index contributed by atoms with van der Waals surface area (Å²) in [5, 5.41) is 11.5. The number of pyridine rings is 1. The molecule has 4 nitrogen and oxygen atoms in total. The van der Waals surface area contributed by atoms with Crippen molar-refractivity contribution in [2.45, 2.75) is 0 Å². The number of anilines is 1. The van der Waals surface area contributed by atoms with Crippen molar-refractivity contribution in [2.75, 3.05) is 5.32 Å². The number of nitrogens with zero attached hydrogens (tertiary/aromatic N) is 2. The van der Waals surface area contributed by atoms with Crippen LogP contribution in [0.4, 0.5) is 10.1 Å². The van der Waals surface area contributed by atoms with Gasteiger partial charge in [-0.1, -0.05) is 15.9 Å². The van der Waals surface area contributed by atoms with Gasteiger partial charge in [-0.05, 0) is 24.3 Å². The highest BCUT2D eigenvalue weighted by Crippen LogP contribution is 2.21. The zero-order valence-corrected chi connectivity index (χ0v) is 11.1. The fourth-order valence-electron chi connectivity index (χ4n) is 1.45. The van der Waals surface area contributed by atoms with E-state index in [0.29, 0.717) is 11.3 Å². The average molecular weight is 320 g/mol. The molecule has 0 saturated carbocycles. The van der Waals surface area contributed by atoms with Crippen LogP contribution in [-0.4, -0.2) is 10.9 Å². The van der Waals surface area contributed by atoms with Crippen molar-refractivity contribution in [2.24, 2.45) is 0 Å². The largest absolute Gasteiger partial charge is 0.321 e. The predicted molar refractivity (Wildman–Crippen MR) is 71.0 cm³/mol. The molecule has 0 aliphatic carbocycles. The molecule has 0 unspecified atom stereocenters. The third-order valence-electron chi connectivity index (χ3n) is 2.32. The second kappa shape index (κ2) is 5.59. The van der Waals surface area contributed by atoms with Crippen molar-refractivity contribution in [3.05, 3.63) is 58.1 Å². The molecule has 0 aliphatic rings. The van der Waals surface area contributed by atoms with Crippen LogP contribution in [0.3, 0.4) is 0 Å². The molecule has 6 heteroatoms. The minimum atomic E-state index is -0.595. The maximum absolute atomic E-state index is 13.0. The first kappa shape index (κ1) is 13.2. The number of carbonyl (C=O) groups excluding carboxylic acids is 1. The number of carbonyl (C=O) groups is 1. The van der Waals surface area contributed by atoms with Crippen molar-refractivity contribution in [1.29, 1.82) is 5.26 Å². The summed E-state index contributed by atoms with van der Waals surface area (Å²) in [6.45, 7) is 0. The van der Waals surface area contributed by atoms with E-state index in [1.165, 1.54) is 6.20 Å². The van der Waals surface area contributed by atoms with Gasteiger partial charge in [-0.15, -0.1) is 0 Å². The summed E-state index contributed by atoms with van der Waals surface area (Å²) >= 11 is 3.25. The number of benzene rings is 1. The average Bonchev–Trinajstić information content (AvgIpc) is 2.39. The molecule has 0 bridgehead atoms. The van der Waals surface area contributed by atoms with E-state index in [1.54, 1.807) is 18.2 Å². The van der Waals surface area contributed by atoms with E-state index in [-0.39, 0.29) is 5.56 Å². The molecule has 0 atom stereocenters. The summed E-state index contributed by atoms with van der Waals surface area (Å²) < 4.78 is 13.7. The molecule has 94 valence electrons. The zero-order valence-electron chi connectivity index (χ0n) is 9.52. The summed E-state index contributed by atoms with van der Waals surface area (Å²) in [5.41, 5.74) is 0.760. The molecule has 1 aromatic carbocycles. The SMILES string of the molecule is N#Cc1ccc(Br)cc1NC(=O)c1cncc(F)c1. The maximum atomic E-state index is 13.0. The highest BCUT2D eigenvalue weighted by atomic mass is 79.9. The molecule has 2 rings (SSSR count). The molecule has 19 heavy (non-hydrogen) atoms. The highest BCUT2D eigenvalue weighted by molar-refractivity contribution is 9.10. The Labute approximate surface area is 117 Å². The monoisotopic (exact) mass is 319 g/mol. The van der Waals surface area contributed by atoms with Crippen LogP contribution in [0.2, 0.25) is 0 Å².